The van der Waals surface area contributed by atoms with Gasteiger partial charge in [0.25, 0.3) is 11.1 Å². The second-order valence-electron chi connectivity index (χ2n) is 9.76. The average Bonchev–Trinajstić information content (AvgIpc) is 3.42. The zero-order valence-electron chi connectivity index (χ0n) is 21.0. The van der Waals surface area contributed by atoms with Crippen LogP contribution in [0, 0.1) is 0 Å². The summed E-state index contributed by atoms with van der Waals surface area (Å²) >= 11 is 1.25. The maximum Gasteiger partial charge on any atom is 0.279 e. The molecule has 0 saturated carbocycles. The molecule has 0 radical (unpaired) electrons. The first-order valence-corrected chi connectivity index (χ1v) is 12.7. The number of aryl methyl sites for hydroxylation is 1. The van der Waals surface area contributed by atoms with Gasteiger partial charge in [-0.1, -0.05) is 31.3 Å². The Hall–Kier alpha value is -3.44. The molecule has 1 saturated heterocycles. The lowest BCUT2D eigenvalue weighted by atomic mass is 9.86. The van der Waals surface area contributed by atoms with Gasteiger partial charge in [0.15, 0.2) is 5.69 Å². The highest BCUT2D eigenvalue weighted by Crippen LogP contribution is 2.41. The smallest absolute Gasteiger partial charge is 0.279 e. The number of thiazole rings is 1. The summed E-state index contributed by atoms with van der Waals surface area (Å²) in [5, 5.41) is 8.06. The van der Waals surface area contributed by atoms with Gasteiger partial charge in [-0.3, -0.25) is 4.79 Å². The number of carbonyl (C=O) groups is 1. The molecule has 0 atom stereocenters. The highest BCUT2D eigenvalue weighted by atomic mass is 32.1. The molecule has 2 aliphatic rings. The van der Waals surface area contributed by atoms with Gasteiger partial charge in [0.1, 0.15) is 11.4 Å². The third-order valence-corrected chi connectivity index (χ3v) is 7.33. The Morgan fingerprint density at radius 3 is 2.53 bits per heavy atom. The Bertz CT molecular complexity index is 1260. The summed E-state index contributed by atoms with van der Waals surface area (Å²) in [6, 6.07) is 6.38. The van der Waals surface area contributed by atoms with Crippen LogP contribution in [0.25, 0.3) is 0 Å². The number of benzene rings is 1. The summed E-state index contributed by atoms with van der Waals surface area (Å²) in [5.41, 5.74) is 3.23. The minimum absolute atomic E-state index is 0.127. The molecule has 10 nitrogen and oxygen atoms in total. The molecule has 1 aliphatic heterocycles. The second-order valence-corrected chi connectivity index (χ2v) is 10.6. The number of methoxy groups -OCH3 is 2. The maximum absolute atomic E-state index is 13.0. The van der Waals surface area contributed by atoms with Crippen molar-refractivity contribution in [3.05, 3.63) is 40.4 Å². The van der Waals surface area contributed by atoms with Gasteiger partial charge >= 0.3 is 0 Å². The number of likely N-dealkylation sites (tertiary alicyclic amines) is 1. The van der Waals surface area contributed by atoms with Crippen LogP contribution in [-0.4, -0.2) is 66.2 Å². The van der Waals surface area contributed by atoms with Crippen LogP contribution in [-0.2, 0) is 11.8 Å². The van der Waals surface area contributed by atoms with Gasteiger partial charge in [0.05, 0.1) is 20.3 Å². The number of ether oxygens (including phenoxy) is 3. The molecule has 1 amide bonds. The van der Waals surface area contributed by atoms with Crippen molar-refractivity contribution >= 4 is 28.9 Å². The van der Waals surface area contributed by atoms with E-state index in [1.807, 2.05) is 13.1 Å². The molecule has 1 fully saturated rings. The summed E-state index contributed by atoms with van der Waals surface area (Å²) in [6.45, 7) is 6.28. The molecular weight excluding hydrogens is 480 g/mol. The number of aromatic nitrogens is 3. The predicted octanol–water partition coefficient (Wildman–Crippen LogP) is 3.94. The SMILES string of the molecule is COc1nc(NC2CN(C)C2)nc(OC)c1NC(=O)c1csc(Oc2ccc3c(c2)C(C)(C)CC3)n1. The van der Waals surface area contributed by atoms with Crippen LogP contribution in [0.15, 0.2) is 23.6 Å². The number of nitrogens with one attached hydrogen (secondary N) is 2. The number of hydrogen-bond donors (Lipinski definition) is 2. The molecule has 5 rings (SSSR count). The Balaban J connectivity index is 1.30. The Labute approximate surface area is 214 Å². The van der Waals surface area contributed by atoms with Gasteiger partial charge in [-0.05, 0) is 48.6 Å². The molecule has 11 heteroatoms. The third-order valence-electron chi connectivity index (χ3n) is 6.62. The quantitative estimate of drug-likeness (QED) is 0.465. The van der Waals surface area contributed by atoms with Crippen molar-refractivity contribution in [3.8, 4) is 22.7 Å². The zero-order chi connectivity index (χ0) is 25.4. The summed E-state index contributed by atoms with van der Waals surface area (Å²) in [5.74, 6) is 1.03. The van der Waals surface area contributed by atoms with E-state index >= 15 is 0 Å². The highest BCUT2D eigenvalue weighted by molar-refractivity contribution is 7.11. The van der Waals surface area contributed by atoms with Crippen molar-refractivity contribution < 1.29 is 19.0 Å². The number of nitrogens with zero attached hydrogens (tertiary/aromatic N) is 4. The third kappa shape index (κ3) is 4.80. The number of carbonyl (C=O) groups excluding carboxylic acids is 1. The van der Waals surface area contributed by atoms with E-state index in [9.17, 15) is 4.79 Å². The van der Waals surface area contributed by atoms with Crippen LogP contribution in [0.4, 0.5) is 11.6 Å². The molecule has 0 spiro atoms. The number of likely N-dealkylation sites (N-methyl/N-ethyl adjacent to an activating group) is 1. The van der Waals surface area contributed by atoms with Gasteiger partial charge in [-0.25, -0.2) is 0 Å². The van der Waals surface area contributed by atoms with Crippen molar-refractivity contribution in [1.82, 2.24) is 19.9 Å². The molecule has 3 heterocycles. The fourth-order valence-electron chi connectivity index (χ4n) is 4.60. The van der Waals surface area contributed by atoms with Gasteiger partial charge < -0.3 is 29.7 Å². The van der Waals surface area contributed by atoms with Gasteiger partial charge in [0.2, 0.25) is 17.7 Å². The molecule has 0 bridgehead atoms. The van der Waals surface area contributed by atoms with Crippen molar-refractivity contribution in [1.29, 1.82) is 0 Å². The van der Waals surface area contributed by atoms with E-state index in [1.165, 1.54) is 36.7 Å². The summed E-state index contributed by atoms with van der Waals surface area (Å²) in [7, 11) is 5.00. The van der Waals surface area contributed by atoms with E-state index in [-0.39, 0.29) is 34.6 Å². The van der Waals surface area contributed by atoms with Crippen molar-refractivity contribution in [2.75, 3.05) is 45.0 Å². The lowest BCUT2D eigenvalue weighted by molar-refractivity contribution is 0.102. The topological polar surface area (TPSA) is 111 Å². The molecule has 1 aliphatic carbocycles. The molecule has 1 aromatic carbocycles. The van der Waals surface area contributed by atoms with Crippen LogP contribution in [0.1, 0.15) is 41.9 Å². The van der Waals surface area contributed by atoms with E-state index in [0.717, 1.165) is 25.9 Å². The van der Waals surface area contributed by atoms with E-state index in [0.29, 0.717) is 16.9 Å². The van der Waals surface area contributed by atoms with Crippen molar-refractivity contribution in [3.63, 3.8) is 0 Å². The fourth-order valence-corrected chi connectivity index (χ4v) is 5.26. The standard InChI is InChI=1S/C25H30N6O4S/c1-25(2)9-8-14-6-7-16(10-17(14)25)35-24-27-18(13-36-24)20(32)28-19-21(33-4)29-23(30-22(19)34-5)26-15-11-31(3)12-15/h6-7,10,13,15H,8-9,11-12H2,1-5H3,(H,28,32)(H,26,29,30). The number of hydrogen-bond acceptors (Lipinski definition) is 10. The van der Waals surface area contributed by atoms with Crippen molar-refractivity contribution in [2.24, 2.45) is 0 Å². The van der Waals surface area contributed by atoms with Crippen LogP contribution >= 0.6 is 11.3 Å². The summed E-state index contributed by atoms with van der Waals surface area (Å²) in [4.78, 5) is 28.3. The number of rotatable bonds is 8. The summed E-state index contributed by atoms with van der Waals surface area (Å²) < 4.78 is 16.8. The number of amides is 1. The first kappa shape index (κ1) is 24.3. The van der Waals surface area contributed by atoms with E-state index in [1.54, 1.807) is 5.38 Å². The lowest BCUT2D eigenvalue weighted by Gasteiger charge is -2.36. The monoisotopic (exact) mass is 510 g/mol. The minimum atomic E-state index is -0.447. The van der Waals surface area contributed by atoms with Gasteiger partial charge in [-0.2, -0.15) is 15.0 Å². The average molecular weight is 511 g/mol. The predicted molar refractivity (Wildman–Crippen MR) is 138 cm³/mol. The minimum Gasteiger partial charge on any atom is -0.479 e. The Morgan fingerprint density at radius 2 is 1.86 bits per heavy atom. The Kier molecular flexibility index (Phi) is 6.44. The molecule has 3 aromatic rings. The summed E-state index contributed by atoms with van der Waals surface area (Å²) in [6.07, 6.45) is 2.20. The van der Waals surface area contributed by atoms with Gasteiger partial charge in [0, 0.05) is 18.5 Å². The largest absolute Gasteiger partial charge is 0.479 e. The van der Waals surface area contributed by atoms with Gasteiger partial charge in [-0.15, -0.1) is 0 Å². The molecule has 2 aromatic heterocycles. The first-order chi connectivity index (χ1) is 17.3. The van der Waals surface area contributed by atoms with E-state index in [4.69, 9.17) is 14.2 Å². The van der Waals surface area contributed by atoms with Crippen LogP contribution in [0.5, 0.6) is 22.7 Å². The van der Waals surface area contributed by atoms with Crippen LogP contribution in [0.3, 0.4) is 0 Å². The maximum atomic E-state index is 13.0. The van der Waals surface area contributed by atoms with E-state index in [2.05, 4.69) is 56.5 Å². The molecule has 190 valence electrons. The lowest BCUT2D eigenvalue weighted by Crippen LogP contribution is -2.52. The fraction of sp³-hybridized carbons (Fsp3) is 0.440. The van der Waals surface area contributed by atoms with E-state index < -0.39 is 5.91 Å². The van der Waals surface area contributed by atoms with Crippen molar-refractivity contribution in [2.45, 2.75) is 38.1 Å². The molecule has 2 N–H and O–H groups in total. The number of anilines is 2. The first-order valence-electron chi connectivity index (χ1n) is 11.8. The second kappa shape index (κ2) is 9.55. The molecular formula is C25H30N6O4S. The normalized spacial score (nSPS) is 16.7. The zero-order valence-corrected chi connectivity index (χ0v) is 21.9. The number of fused-ring (bicyclic) bond motifs is 1. The van der Waals surface area contributed by atoms with Crippen LogP contribution < -0.4 is 24.8 Å². The highest BCUT2D eigenvalue weighted by Gasteiger charge is 2.30. The molecule has 0 unspecified atom stereocenters. The van der Waals surface area contributed by atoms with Crippen LogP contribution in [0.2, 0.25) is 0 Å². The Morgan fingerprint density at radius 1 is 1.14 bits per heavy atom. The molecule has 36 heavy (non-hydrogen) atoms.